The minimum absolute atomic E-state index is 0.396. The van der Waals surface area contributed by atoms with Gasteiger partial charge in [0.1, 0.15) is 13.2 Å². The van der Waals surface area contributed by atoms with Crippen LogP contribution in [0.3, 0.4) is 0 Å². The molecule has 88 valence electrons. The maximum absolute atomic E-state index is 5.84. The highest BCUT2D eigenvalue weighted by Crippen LogP contribution is 2.35. The summed E-state index contributed by atoms with van der Waals surface area (Å²) in [5.41, 5.74) is 2.74. The van der Waals surface area contributed by atoms with Crippen molar-refractivity contribution in [1.29, 1.82) is 0 Å². The highest BCUT2D eigenvalue weighted by Gasteiger charge is 2.14. The lowest BCUT2D eigenvalue weighted by Crippen LogP contribution is -2.15. The van der Waals surface area contributed by atoms with Crippen molar-refractivity contribution in [3.8, 4) is 22.8 Å². The monoisotopic (exact) mass is 250 g/mol. The third-order valence-electron chi connectivity index (χ3n) is 2.67. The number of halogens is 1. The summed E-state index contributed by atoms with van der Waals surface area (Å²) >= 11 is 5.84. The molecule has 0 atom stereocenters. The minimum atomic E-state index is 0.396. The molecule has 0 saturated carbocycles. The molecule has 5 heteroatoms. The van der Waals surface area contributed by atoms with Gasteiger partial charge in [-0.25, -0.2) is 4.98 Å². The number of rotatable bonds is 1. The second-order valence-corrected chi connectivity index (χ2v) is 4.22. The number of aromatic amines is 1. The SMILES string of the molecule is Cc1[nH]c(Cl)nc1-c1ccc2c(c1)OCCO2. The summed E-state index contributed by atoms with van der Waals surface area (Å²) in [4.78, 5) is 7.21. The van der Waals surface area contributed by atoms with E-state index in [4.69, 9.17) is 21.1 Å². The quantitative estimate of drug-likeness (QED) is 0.847. The molecule has 0 bridgehead atoms. The Morgan fingerprint density at radius 1 is 1.24 bits per heavy atom. The number of aryl methyl sites for hydroxylation is 1. The number of nitrogens with one attached hydrogen (secondary N) is 1. The molecular weight excluding hydrogens is 240 g/mol. The van der Waals surface area contributed by atoms with Crippen molar-refractivity contribution in [3.63, 3.8) is 0 Å². The van der Waals surface area contributed by atoms with Gasteiger partial charge in [0, 0.05) is 11.3 Å². The number of ether oxygens (including phenoxy) is 2. The van der Waals surface area contributed by atoms with E-state index in [2.05, 4.69) is 9.97 Å². The van der Waals surface area contributed by atoms with Crippen LogP contribution in [0.5, 0.6) is 11.5 Å². The summed E-state index contributed by atoms with van der Waals surface area (Å²) < 4.78 is 11.0. The van der Waals surface area contributed by atoms with Crippen molar-refractivity contribution in [2.75, 3.05) is 13.2 Å². The topological polar surface area (TPSA) is 47.1 Å². The van der Waals surface area contributed by atoms with Crippen LogP contribution in [0.1, 0.15) is 5.69 Å². The first-order chi connectivity index (χ1) is 8.24. The van der Waals surface area contributed by atoms with Gasteiger partial charge in [-0.05, 0) is 36.7 Å². The zero-order chi connectivity index (χ0) is 11.8. The number of fused-ring (bicyclic) bond motifs is 1. The van der Waals surface area contributed by atoms with Gasteiger partial charge in [-0.1, -0.05) is 0 Å². The lowest BCUT2D eigenvalue weighted by Gasteiger charge is -2.18. The van der Waals surface area contributed by atoms with Gasteiger partial charge in [-0.2, -0.15) is 0 Å². The molecule has 1 aliphatic rings. The van der Waals surface area contributed by atoms with Gasteiger partial charge in [0.2, 0.25) is 5.28 Å². The largest absolute Gasteiger partial charge is 0.486 e. The maximum atomic E-state index is 5.84. The summed E-state index contributed by atoms with van der Waals surface area (Å²) in [6.07, 6.45) is 0. The fourth-order valence-corrected chi connectivity index (χ4v) is 2.12. The van der Waals surface area contributed by atoms with Crippen LogP contribution in [-0.2, 0) is 0 Å². The number of benzene rings is 1. The molecule has 0 aliphatic carbocycles. The van der Waals surface area contributed by atoms with Crippen LogP contribution in [0.15, 0.2) is 18.2 Å². The molecule has 1 aliphatic heterocycles. The Hall–Kier alpha value is -1.68. The molecule has 1 aromatic heterocycles. The number of hydrogen-bond acceptors (Lipinski definition) is 3. The van der Waals surface area contributed by atoms with E-state index in [-0.39, 0.29) is 0 Å². The Morgan fingerprint density at radius 2 is 2.00 bits per heavy atom. The maximum Gasteiger partial charge on any atom is 0.200 e. The third-order valence-corrected chi connectivity index (χ3v) is 2.85. The van der Waals surface area contributed by atoms with Crippen LogP contribution >= 0.6 is 11.6 Å². The molecule has 1 N–H and O–H groups in total. The van der Waals surface area contributed by atoms with Crippen LogP contribution in [0.25, 0.3) is 11.3 Å². The minimum Gasteiger partial charge on any atom is -0.486 e. The molecule has 0 saturated heterocycles. The Bertz CT molecular complexity index is 566. The van der Waals surface area contributed by atoms with Gasteiger partial charge in [-0.15, -0.1) is 0 Å². The predicted molar refractivity (Wildman–Crippen MR) is 64.8 cm³/mol. The molecule has 4 nitrogen and oxygen atoms in total. The average molecular weight is 251 g/mol. The first-order valence-corrected chi connectivity index (χ1v) is 5.74. The van der Waals surface area contributed by atoms with E-state index < -0.39 is 0 Å². The van der Waals surface area contributed by atoms with E-state index in [1.54, 1.807) is 0 Å². The van der Waals surface area contributed by atoms with Crippen molar-refractivity contribution in [1.82, 2.24) is 9.97 Å². The Labute approximate surface area is 104 Å². The Balaban J connectivity index is 2.06. The van der Waals surface area contributed by atoms with Crippen LogP contribution < -0.4 is 9.47 Å². The standard InChI is InChI=1S/C12H11ClN2O2/c1-7-11(15-12(13)14-7)8-2-3-9-10(6-8)17-5-4-16-9/h2-3,6H,4-5H2,1H3,(H,14,15). The molecule has 0 amide bonds. The van der Waals surface area contributed by atoms with E-state index >= 15 is 0 Å². The summed E-state index contributed by atoms with van der Waals surface area (Å²) in [6.45, 7) is 3.11. The van der Waals surface area contributed by atoms with Crippen LogP contribution in [0.4, 0.5) is 0 Å². The van der Waals surface area contributed by atoms with E-state index in [9.17, 15) is 0 Å². The van der Waals surface area contributed by atoms with Crippen LogP contribution in [0.2, 0.25) is 5.28 Å². The second-order valence-electron chi connectivity index (χ2n) is 3.86. The molecule has 0 spiro atoms. The smallest absolute Gasteiger partial charge is 0.200 e. The summed E-state index contributed by atoms with van der Waals surface area (Å²) in [5.74, 6) is 1.53. The fourth-order valence-electron chi connectivity index (χ4n) is 1.90. The van der Waals surface area contributed by atoms with Crippen molar-refractivity contribution in [2.45, 2.75) is 6.92 Å². The van der Waals surface area contributed by atoms with Gasteiger partial charge < -0.3 is 14.5 Å². The Morgan fingerprint density at radius 3 is 2.71 bits per heavy atom. The average Bonchev–Trinajstić information content (AvgIpc) is 2.68. The molecule has 0 unspecified atom stereocenters. The molecule has 17 heavy (non-hydrogen) atoms. The fraction of sp³-hybridized carbons (Fsp3) is 0.250. The Kier molecular flexibility index (Phi) is 2.44. The molecule has 3 rings (SSSR count). The lowest BCUT2D eigenvalue weighted by atomic mass is 10.1. The van der Waals surface area contributed by atoms with Crippen LogP contribution in [0, 0.1) is 6.92 Å². The van der Waals surface area contributed by atoms with Gasteiger partial charge in [0.15, 0.2) is 11.5 Å². The van der Waals surface area contributed by atoms with E-state index in [1.165, 1.54) is 0 Å². The summed E-state index contributed by atoms with van der Waals surface area (Å²) in [7, 11) is 0. The number of nitrogens with zero attached hydrogens (tertiary/aromatic N) is 1. The second kappa shape index (κ2) is 3.96. The van der Waals surface area contributed by atoms with Gasteiger partial charge in [0.25, 0.3) is 0 Å². The highest BCUT2D eigenvalue weighted by atomic mass is 35.5. The van der Waals surface area contributed by atoms with Gasteiger partial charge >= 0.3 is 0 Å². The number of aromatic nitrogens is 2. The van der Waals surface area contributed by atoms with Gasteiger partial charge in [-0.3, -0.25) is 0 Å². The highest BCUT2D eigenvalue weighted by molar-refractivity contribution is 6.28. The van der Waals surface area contributed by atoms with Crippen molar-refractivity contribution < 1.29 is 9.47 Å². The first kappa shape index (κ1) is 10.5. The van der Waals surface area contributed by atoms with E-state index in [1.807, 2.05) is 25.1 Å². The first-order valence-electron chi connectivity index (χ1n) is 5.36. The normalized spacial score (nSPS) is 13.8. The summed E-state index contributed by atoms with van der Waals surface area (Å²) in [6, 6.07) is 5.77. The molecule has 1 aromatic carbocycles. The molecule has 0 fully saturated rings. The van der Waals surface area contributed by atoms with Crippen LogP contribution in [-0.4, -0.2) is 23.2 Å². The zero-order valence-corrected chi connectivity index (χ0v) is 10.0. The van der Waals surface area contributed by atoms with Crippen molar-refractivity contribution in [3.05, 3.63) is 29.2 Å². The van der Waals surface area contributed by atoms with Crippen molar-refractivity contribution >= 4 is 11.6 Å². The molecule has 2 aromatic rings. The summed E-state index contributed by atoms with van der Waals surface area (Å²) in [5, 5.41) is 0.396. The third kappa shape index (κ3) is 1.85. The molecular formula is C12H11ClN2O2. The number of H-pyrrole nitrogens is 1. The number of imidazole rings is 1. The molecule has 0 radical (unpaired) electrons. The lowest BCUT2D eigenvalue weighted by molar-refractivity contribution is 0.171. The van der Waals surface area contributed by atoms with Gasteiger partial charge in [0.05, 0.1) is 5.69 Å². The predicted octanol–water partition coefficient (Wildman–Crippen LogP) is 2.81. The zero-order valence-electron chi connectivity index (χ0n) is 9.29. The van der Waals surface area contributed by atoms with Crippen molar-refractivity contribution in [2.24, 2.45) is 0 Å². The number of hydrogen-bond donors (Lipinski definition) is 1. The molecule has 2 heterocycles. The van der Waals surface area contributed by atoms with E-state index in [0.29, 0.717) is 18.5 Å². The van der Waals surface area contributed by atoms with E-state index in [0.717, 1.165) is 28.5 Å².